The molecule has 0 saturated carbocycles. The van der Waals surface area contributed by atoms with Crippen molar-refractivity contribution >= 4 is 11.5 Å². The molecule has 1 aromatic rings. The highest BCUT2D eigenvalue weighted by Crippen LogP contribution is 2.22. The van der Waals surface area contributed by atoms with Crippen LogP contribution in [0.25, 0.3) is 0 Å². The van der Waals surface area contributed by atoms with Crippen molar-refractivity contribution in [1.29, 1.82) is 0 Å². The maximum Gasteiger partial charge on any atom is 0.0803 e. The van der Waals surface area contributed by atoms with Crippen LogP contribution in [0.3, 0.4) is 0 Å². The summed E-state index contributed by atoms with van der Waals surface area (Å²) in [6, 6.07) is 0.145. The molecular formula is C9H17N3S. The third-order valence-electron chi connectivity index (χ3n) is 2.01. The van der Waals surface area contributed by atoms with Crippen molar-refractivity contribution in [3.63, 3.8) is 0 Å². The summed E-state index contributed by atoms with van der Waals surface area (Å²) < 4.78 is 3.96. The Labute approximate surface area is 83.5 Å². The highest BCUT2D eigenvalue weighted by molar-refractivity contribution is 7.05. The Balaban J connectivity index is 2.68. The van der Waals surface area contributed by atoms with Gasteiger partial charge in [0, 0.05) is 6.04 Å². The van der Waals surface area contributed by atoms with Gasteiger partial charge in [0.05, 0.1) is 10.6 Å². The lowest BCUT2D eigenvalue weighted by Gasteiger charge is -2.07. The van der Waals surface area contributed by atoms with Crippen molar-refractivity contribution in [3.05, 3.63) is 10.6 Å². The molecule has 1 rings (SSSR count). The van der Waals surface area contributed by atoms with Gasteiger partial charge in [0.25, 0.3) is 0 Å². The van der Waals surface area contributed by atoms with Crippen LogP contribution < -0.4 is 5.73 Å². The third kappa shape index (κ3) is 2.74. The summed E-state index contributed by atoms with van der Waals surface area (Å²) in [4.78, 5) is 1.18. The van der Waals surface area contributed by atoms with Crippen molar-refractivity contribution in [1.82, 2.24) is 9.59 Å². The molecule has 1 unspecified atom stereocenters. The van der Waals surface area contributed by atoms with E-state index in [-0.39, 0.29) is 6.04 Å². The van der Waals surface area contributed by atoms with Gasteiger partial charge in [-0.2, -0.15) is 0 Å². The molecule has 0 radical (unpaired) electrons. The van der Waals surface area contributed by atoms with Crippen LogP contribution in [0.4, 0.5) is 0 Å². The Morgan fingerprint density at radius 1 is 1.38 bits per heavy atom. The standard InChI is InChI=1S/C9H17N3S/c1-3-5-7(10)9-8(6-4-2)11-12-13-9/h7H,3-6,10H2,1-2H3. The maximum absolute atomic E-state index is 6.01. The molecule has 0 aromatic carbocycles. The summed E-state index contributed by atoms with van der Waals surface area (Å²) in [5.41, 5.74) is 7.12. The lowest BCUT2D eigenvalue weighted by Crippen LogP contribution is -2.10. The fourth-order valence-electron chi connectivity index (χ4n) is 1.35. The Bertz CT molecular complexity index is 247. The predicted octanol–water partition coefficient (Wildman–Crippen LogP) is 2.29. The van der Waals surface area contributed by atoms with Crippen molar-refractivity contribution in [3.8, 4) is 0 Å². The average molecular weight is 199 g/mol. The van der Waals surface area contributed by atoms with Gasteiger partial charge >= 0.3 is 0 Å². The van der Waals surface area contributed by atoms with Gasteiger partial charge in [0.2, 0.25) is 0 Å². The number of rotatable bonds is 5. The molecule has 3 nitrogen and oxygen atoms in total. The Kier molecular flexibility index (Phi) is 4.32. The molecule has 0 amide bonds. The molecule has 0 saturated heterocycles. The number of hydrogen-bond acceptors (Lipinski definition) is 4. The molecule has 0 aliphatic heterocycles. The minimum atomic E-state index is 0.145. The van der Waals surface area contributed by atoms with E-state index in [0.717, 1.165) is 31.4 Å². The highest BCUT2D eigenvalue weighted by atomic mass is 32.1. The number of aromatic nitrogens is 2. The third-order valence-corrected chi connectivity index (χ3v) is 2.91. The van der Waals surface area contributed by atoms with Crippen molar-refractivity contribution in [2.75, 3.05) is 0 Å². The second kappa shape index (κ2) is 5.29. The zero-order valence-corrected chi connectivity index (χ0v) is 9.10. The first-order valence-electron chi connectivity index (χ1n) is 4.86. The average Bonchev–Trinajstić information content (AvgIpc) is 2.54. The van der Waals surface area contributed by atoms with E-state index in [4.69, 9.17) is 5.73 Å². The first-order valence-corrected chi connectivity index (χ1v) is 5.63. The van der Waals surface area contributed by atoms with Crippen LogP contribution in [0.2, 0.25) is 0 Å². The number of aryl methyl sites for hydroxylation is 1. The van der Waals surface area contributed by atoms with Gasteiger partial charge in [-0.1, -0.05) is 31.2 Å². The summed E-state index contributed by atoms with van der Waals surface area (Å²) in [6.45, 7) is 4.29. The molecular weight excluding hydrogens is 182 g/mol. The van der Waals surface area contributed by atoms with Crippen molar-refractivity contribution in [2.24, 2.45) is 5.73 Å². The summed E-state index contributed by atoms with van der Waals surface area (Å²) in [7, 11) is 0. The Morgan fingerprint density at radius 3 is 2.77 bits per heavy atom. The fraction of sp³-hybridized carbons (Fsp3) is 0.778. The topological polar surface area (TPSA) is 51.8 Å². The van der Waals surface area contributed by atoms with Gasteiger partial charge in [0.1, 0.15) is 0 Å². The Hall–Kier alpha value is -0.480. The molecule has 1 atom stereocenters. The van der Waals surface area contributed by atoms with Gasteiger partial charge in [-0.3, -0.25) is 0 Å². The lowest BCUT2D eigenvalue weighted by atomic mass is 10.1. The normalized spacial score (nSPS) is 13.2. The van der Waals surface area contributed by atoms with Gasteiger partial charge in [-0.25, -0.2) is 0 Å². The highest BCUT2D eigenvalue weighted by Gasteiger charge is 2.13. The van der Waals surface area contributed by atoms with Crippen LogP contribution in [-0.2, 0) is 6.42 Å². The summed E-state index contributed by atoms with van der Waals surface area (Å²) in [5, 5.41) is 4.10. The van der Waals surface area contributed by atoms with Gasteiger partial charge in [-0.05, 0) is 24.4 Å². The van der Waals surface area contributed by atoms with E-state index in [1.165, 1.54) is 16.4 Å². The zero-order valence-electron chi connectivity index (χ0n) is 8.29. The molecule has 0 aliphatic rings. The molecule has 0 aliphatic carbocycles. The minimum Gasteiger partial charge on any atom is -0.323 e. The van der Waals surface area contributed by atoms with Crippen molar-refractivity contribution < 1.29 is 0 Å². The van der Waals surface area contributed by atoms with Gasteiger partial charge < -0.3 is 5.73 Å². The van der Waals surface area contributed by atoms with Crippen LogP contribution in [0.5, 0.6) is 0 Å². The minimum absolute atomic E-state index is 0.145. The van der Waals surface area contributed by atoms with Gasteiger partial charge in [0.15, 0.2) is 0 Å². The monoisotopic (exact) mass is 199 g/mol. The van der Waals surface area contributed by atoms with Crippen LogP contribution in [0.1, 0.15) is 49.7 Å². The lowest BCUT2D eigenvalue weighted by molar-refractivity contribution is 0.638. The first kappa shape index (κ1) is 10.6. The van der Waals surface area contributed by atoms with E-state index in [0.29, 0.717) is 0 Å². The summed E-state index contributed by atoms with van der Waals surface area (Å²) in [6.07, 6.45) is 4.26. The van der Waals surface area contributed by atoms with E-state index in [9.17, 15) is 0 Å². The second-order valence-corrected chi connectivity index (χ2v) is 4.01. The van der Waals surface area contributed by atoms with E-state index in [1.54, 1.807) is 0 Å². The van der Waals surface area contributed by atoms with Crippen LogP contribution in [0, 0.1) is 0 Å². The molecule has 0 fully saturated rings. The number of nitrogens with zero attached hydrogens (tertiary/aromatic N) is 2. The van der Waals surface area contributed by atoms with Gasteiger partial charge in [-0.15, -0.1) is 5.10 Å². The van der Waals surface area contributed by atoms with E-state index < -0.39 is 0 Å². The molecule has 74 valence electrons. The predicted molar refractivity (Wildman–Crippen MR) is 55.7 cm³/mol. The first-order chi connectivity index (χ1) is 6.29. The molecule has 0 spiro atoms. The maximum atomic E-state index is 6.01. The summed E-state index contributed by atoms with van der Waals surface area (Å²) in [5.74, 6) is 0. The largest absolute Gasteiger partial charge is 0.323 e. The van der Waals surface area contributed by atoms with Crippen LogP contribution in [0.15, 0.2) is 0 Å². The number of hydrogen-bond donors (Lipinski definition) is 1. The van der Waals surface area contributed by atoms with E-state index in [1.807, 2.05) is 0 Å². The molecule has 1 heterocycles. The number of nitrogens with two attached hydrogens (primary N) is 1. The van der Waals surface area contributed by atoms with E-state index >= 15 is 0 Å². The smallest absolute Gasteiger partial charge is 0.0803 e. The zero-order chi connectivity index (χ0) is 9.68. The van der Waals surface area contributed by atoms with Crippen molar-refractivity contribution in [2.45, 2.75) is 45.6 Å². The molecule has 2 N–H and O–H groups in total. The fourth-order valence-corrected chi connectivity index (χ4v) is 2.08. The van der Waals surface area contributed by atoms with E-state index in [2.05, 4.69) is 23.4 Å². The molecule has 13 heavy (non-hydrogen) atoms. The molecule has 1 aromatic heterocycles. The van der Waals surface area contributed by atoms with Crippen LogP contribution >= 0.6 is 11.5 Å². The second-order valence-electron chi connectivity index (χ2n) is 3.23. The molecule has 4 heteroatoms. The quantitative estimate of drug-likeness (QED) is 0.791. The van der Waals surface area contributed by atoms with Crippen LogP contribution in [-0.4, -0.2) is 9.59 Å². The molecule has 0 bridgehead atoms. The SMILES string of the molecule is CCCc1nnsc1C(N)CCC. The Morgan fingerprint density at radius 2 is 2.15 bits per heavy atom. The summed E-state index contributed by atoms with van der Waals surface area (Å²) >= 11 is 1.45.